The van der Waals surface area contributed by atoms with Crippen LogP contribution in [0.2, 0.25) is 0 Å². The van der Waals surface area contributed by atoms with E-state index in [1.807, 2.05) is 4.90 Å². The predicted molar refractivity (Wildman–Crippen MR) is 93.0 cm³/mol. The number of quaternary nitrogens is 1. The van der Waals surface area contributed by atoms with Crippen LogP contribution in [0.25, 0.3) is 0 Å². The topological polar surface area (TPSA) is 4.44 Å². The first-order chi connectivity index (χ1) is 10.9. The number of likely N-dealkylation sites (tertiary alicyclic amines) is 1. The molecular formula is C21H27N+2. The Hall–Kier alpha value is -1.73. The fourth-order valence-electron chi connectivity index (χ4n) is 3.55. The summed E-state index contributed by atoms with van der Waals surface area (Å²) in [5.74, 6) is 1.50. The molecule has 1 N–H and O–H groups in total. The summed E-state index contributed by atoms with van der Waals surface area (Å²) >= 11 is 0. The second-order valence-electron chi connectivity index (χ2n) is 6.37. The maximum absolute atomic E-state index is 2.25. The second-order valence-corrected chi connectivity index (χ2v) is 6.37. The average molecular weight is 293 g/mol. The van der Waals surface area contributed by atoms with Gasteiger partial charge in [0.1, 0.15) is 0 Å². The lowest BCUT2D eigenvalue weighted by molar-refractivity contribution is -0.905. The minimum Gasteiger partial charge on any atom is -0.335 e. The predicted octanol–water partition coefficient (Wildman–Crippen LogP) is 3.51. The number of piperidine rings is 1. The summed E-state index contributed by atoms with van der Waals surface area (Å²) in [6, 6.07) is 21.8. The van der Waals surface area contributed by atoms with E-state index >= 15 is 0 Å². The van der Waals surface area contributed by atoms with Crippen LogP contribution in [0.3, 0.4) is 0 Å². The SMILES string of the molecule is c1ccc([C+](CCC[NH+]2CCCCC2)c2ccccc2)cc1. The van der Waals surface area contributed by atoms with Gasteiger partial charge in [-0.2, -0.15) is 0 Å². The van der Waals surface area contributed by atoms with Crippen molar-refractivity contribution in [1.29, 1.82) is 0 Å². The molecule has 1 aliphatic rings. The van der Waals surface area contributed by atoms with Crippen LogP contribution in [0.1, 0.15) is 43.2 Å². The zero-order chi connectivity index (χ0) is 15.0. The molecule has 0 aromatic heterocycles. The highest BCUT2D eigenvalue weighted by Crippen LogP contribution is 2.27. The number of rotatable bonds is 6. The molecule has 1 aliphatic heterocycles. The standard InChI is InChI=1S/C21H26N/c1-4-11-19(12-5-1)21(20-13-6-2-7-14-20)15-10-18-22-16-8-3-9-17-22/h1-2,4-7,11-14H,3,8-10,15-18H2/q+1/p+1. The van der Waals surface area contributed by atoms with Crippen LogP contribution in [-0.2, 0) is 0 Å². The van der Waals surface area contributed by atoms with Gasteiger partial charge in [0.2, 0.25) is 0 Å². The van der Waals surface area contributed by atoms with Crippen molar-refractivity contribution in [2.75, 3.05) is 19.6 Å². The Morgan fingerprint density at radius 2 is 1.27 bits per heavy atom. The van der Waals surface area contributed by atoms with Gasteiger partial charge in [0.15, 0.2) is 0 Å². The fraction of sp³-hybridized carbons (Fsp3) is 0.381. The maximum atomic E-state index is 2.25. The van der Waals surface area contributed by atoms with Crippen molar-refractivity contribution >= 4 is 0 Å². The maximum Gasteiger partial charge on any atom is 0.0780 e. The van der Waals surface area contributed by atoms with Crippen LogP contribution < -0.4 is 4.90 Å². The molecule has 1 saturated heterocycles. The van der Waals surface area contributed by atoms with Crippen LogP contribution in [0.5, 0.6) is 0 Å². The van der Waals surface area contributed by atoms with Gasteiger partial charge in [0, 0.05) is 43.0 Å². The quantitative estimate of drug-likeness (QED) is 0.778. The Morgan fingerprint density at radius 3 is 1.82 bits per heavy atom. The van der Waals surface area contributed by atoms with Gasteiger partial charge < -0.3 is 4.90 Å². The van der Waals surface area contributed by atoms with Gasteiger partial charge in [-0.25, -0.2) is 0 Å². The summed E-state index contributed by atoms with van der Waals surface area (Å²) < 4.78 is 0. The van der Waals surface area contributed by atoms with E-state index in [-0.39, 0.29) is 0 Å². The third kappa shape index (κ3) is 4.14. The van der Waals surface area contributed by atoms with E-state index in [0.29, 0.717) is 0 Å². The lowest BCUT2D eigenvalue weighted by Crippen LogP contribution is -3.12. The third-order valence-electron chi connectivity index (χ3n) is 4.76. The number of nitrogens with one attached hydrogen (secondary N) is 1. The highest BCUT2D eigenvalue weighted by atomic mass is 15.1. The lowest BCUT2D eigenvalue weighted by Gasteiger charge is -2.23. The summed E-state index contributed by atoms with van der Waals surface area (Å²) in [6.45, 7) is 4.08. The summed E-state index contributed by atoms with van der Waals surface area (Å²) in [5.41, 5.74) is 2.75. The average Bonchev–Trinajstić information content (AvgIpc) is 2.61. The summed E-state index contributed by atoms with van der Waals surface area (Å²) in [5, 5.41) is 0. The molecule has 1 fully saturated rings. The molecule has 1 nitrogen and oxygen atoms in total. The van der Waals surface area contributed by atoms with Crippen LogP contribution in [0.4, 0.5) is 0 Å². The number of benzene rings is 2. The van der Waals surface area contributed by atoms with E-state index in [2.05, 4.69) is 60.7 Å². The zero-order valence-corrected chi connectivity index (χ0v) is 13.4. The van der Waals surface area contributed by atoms with E-state index in [1.54, 1.807) is 0 Å². The molecule has 1 heteroatoms. The molecule has 1 heterocycles. The van der Waals surface area contributed by atoms with Crippen LogP contribution >= 0.6 is 0 Å². The van der Waals surface area contributed by atoms with Crippen molar-refractivity contribution in [2.24, 2.45) is 0 Å². The molecule has 0 spiro atoms. The molecule has 2 aromatic rings. The molecule has 0 unspecified atom stereocenters. The molecule has 0 bridgehead atoms. The van der Waals surface area contributed by atoms with Crippen molar-refractivity contribution in [1.82, 2.24) is 0 Å². The molecule has 2 aromatic carbocycles. The van der Waals surface area contributed by atoms with Crippen LogP contribution in [0.15, 0.2) is 60.7 Å². The largest absolute Gasteiger partial charge is 0.335 e. The normalized spacial score (nSPS) is 15.6. The second kappa shape index (κ2) is 8.05. The lowest BCUT2D eigenvalue weighted by atomic mass is 9.87. The first kappa shape index (κ1) is 15.2. The molecule has 114 valence electrons. The van der Waals surface area contributed by atoms with Crippen molar-refractivity contribution in [3.63, 3.8) is 0 Å². The van der Waals surface area contributed by atoms with Crippen molar-refractivity contribution in [3.05, 3.63) is 77.7 Å². The number of hydrogen-bond donors (Lipinski definition) is 1. The molecule has 0 amide bonds. The Balaban J connectivity index is 1.64. The molecule has 0 aliphatic carbocycles. The first-order valence-electron chi connectivity index (χ1n) is 8.74. The van der Waals surface area contributed by atoms with E-state index in [4.69, 9.17) is 0 Å². The zero-order valence-electron chi connectivity index (χ0n) is 13.4. The molecule has 22 heavy (non-hydrogen) atoms. The third-order valence-corrected chi connectivity index (χ3v) is 4.76. The highest BCUT2D eigenvalue weighted by molar-refractivity contribution is 5.45. The molecular weight excluding hydrogens is 266 g/mol. The van der Waals surface area contributed by atoms with Gasteiger partial charge in [-0.1, -0.05) is 0 Å². The molecule has 0 radical (unpaired) electrons. The molecule has 0 atom stereocenters. The molecule has 0 saturated carbocycles. The number of hydrogen-bond acceptors (Lipinski definition) is 0. The van der Waals surface area contributed by atoms with E-state index < -0.39 is 0 Å². The molecule has 3 rings (SSSR count). The Kier molecular flexibility index (Phi) is 5.55. The van der Waals surface area contributed by atoms with E-state index in [0.717, 1.165) is 0 Å². The smallest absolute Gasteiger partial charge is 0.0780 e. The minimum atomic E-state index is 1.18. The van der Waals surface area contributed by atoms with Gasteiger partial charge in [-0.05, 0) is 55.7 Å². The minimum absolute atomic E-state index is 1.18. The van der Waals surface area contributed by atoms with Crippen molar-refractivity contribution in [3.8, 4) is 0 Å². The van der Waals surface area contributed by atoms with Gasteiger partial charge in [-0.3, -0.25) is 0 Å². The summed E-state index contributed by atoms with van der Waals surface area (Å²) in [6.07, 6.45) is 6.74. The van der Waals surface area contributed by atoms with Gasteiger partial charge in [0.05, 0.1) is 30.8 Å². The van der Waals surface area contributed by atoms with Crippen LogP contribution in [-0.4, -0.2) is 19.6 Å². The fourth-order valence-corrected chi connectivity index (χ4v) is 3.55. The van der Waals surface area contributed by atoms with Gasteiger partial charge in [-0.15, -0.1) is 0 Å². The Morgan fingerprint density at radius 1 is 0.727 bits per heavy atom. The highest BCUT2D eigenvalue weighted by Gasteiger charge is 2.21. The summed E-state index contributed by atoms with van der Waals surface area (Å²) in [7, 11) is 0. The van der Waals surface area contributed by atoms with Crippen molar-refractivity contribution in [2.45, 2.75) is 32.1 Å². The van der Waals surface area contributed by atoms with Gasteiger partial charge >= 0.3 is 0 Å². The van der Waals surface area contributed by atoms with Crippen LogP contribution in [0, 0.1) is 5.92 Å². The Labute approximate surface area is 135 Å². The summed E-state index contributed by atoms with van der Waals surface area (Å²) in [4.78, 5) is 1.81. The van der Waals surface area contributed by atoms with Crippen molar-refractivity contribution < 1.29 is 4.90 Å². The first-order valence-corrected chi connectivity index (χ1v) is 8.74. The van der Waals surface area contributed by atoms with E-state index in [1.165, 1.54) is 68.8 Å². The Bertz CT molecular complexity index is 489. The monoisotopic (exact) mass is 293 g/mol. The van der Waals surface area contributed by atoms with E-state index in [9.17, 15) is 0 Å². The van der Waals surface area contributed by atoms with Gasteiger partial charge in [0.25, 0.3) is 0 Å².